The summed E-state index contributed by atoms with van der Waals surface area (Å²) in [5, 5.41) is 14.3. The number of nitrogens with one attached hydrogen (secondary N) is 1. The van der Waals surface area contributed by atoms with Gasteiger partial charge in [0.15, 0.2) is 11.2 Å². The van der Waals surface area contributed by atoms with Crippen molar-refractivity contribution in [3.63, 3.8) is 0 Å². The second kappa shape index (κ2) is 13.7. The number of carbonyl (C=O) groups excluding carboxylic acids is 2. The predicted octanol–water partition coefficient (Wildman–Crippen LogP) is 6.28. The van der Waals surface area contributed by atoms with Crippen molar-refractivity contribution >= 4 is 34.7 Å². The average Bonchev–Trinajstić information content (AvgIpc) is 3.43. The van der Waals surface area contributed by atoms with E-state index in [-0.39, 0.29) is 29.6 Å². The van der Waals surface area contributed by atoms with Gasteiger partial charge >= 0.3 is 11.9 Å². The Morgan fingerprint density at radius 1 is 1.00 bits per heavy atom. The molecule has 0 bridgehead atoms. The van der Waals surface area contributed by atoms with Crippen LogP contribution in [0, 0.1) is 15.5 Å². The first-order valence-corrected chi connectivity index (χ1v) is 14.9. The fourth-order valence-electron chi connectivity index (χ4n) is 5.01. The van der Waals surface area contributed by atoms with Crippen LogP contribution in [0.2, 0.25) is 0 Å². The number of nitrogens with zero attached hydrogens (tertiary/aromatic N) is 5. The van der Waals surface area contributed by atoms with Gasteiger partial charge in [0, 0.05) is 18.7 Å². The van der Waals surface area contributed by atoms with E-state index in [9.17, 15) is 19.7 Å². The Hall–Kier alpha value is -5.07. The minimum Gasteiger partial charge on any atom is -0.437 e. The smallest absolute Gasteiger partial charge is 0.328 e. The van der Waals surface area contributed by atoms with Crippen molar-refractivity contribution in [1.29, 1.82) is 0 Å². The van der Waals surface area contributed by atoms with Crippen LogP contribution in [0.25, 0.3) is 11.2 Å². The van der Waals surface area contributed by atoms with E-state index in [1.807, 2.05) is 0 Å². The molecule has 45 heavy (non-hydrogen) atoms. The zero-order valence-electron chi connectivity index (χ0n) is 25.5. The van der Waals surface area contributed by atoms with Crippen molar-refractivity contribution in [2.75, 3.05) is 12.1 Å². The van der Waals surface area contributed by atoms with E-state index >= 15 is 0 Å². The second-order valence-corrected chi connectivity index (χ2v) is 12.0. The molecule has 1 aliphatic rings. The Morgan fingerprint density at radius 2 is 1.71 bits per heavy atom. The number of imidazole rings is 1. The summed E-state index contributed by atoms with van der Waals surface area (Å²) in [6.45, 7) is 4.74. The summed E-state index contributed by atoms with van der Waals surface area (Å²) in [6.07, 6.45) is 7.72. The Kier molecular flexibility index (Phi) is 9.55. The molecule has 5 rings (SSSR count). The number of esters is 2. The van der Waals surface area contributed by atoms with Gasteiger partial charge in [0.2, 0.25) is 12.7 Å². The van der Waals surface area contributed by atoms with E-state index in [0.29, 0.717) is 23.9 Å². The molecule has 0 amide bonds. The predicted molar refractivity (Wildman–Crippen MR) is 165 cm³/mol. The zero-order chi connectivity index (χ0) is 32.0. The number of aromatic nitrogens is 4. The number of rotatable bonds is 11. The number of hydrogen-bond donors (Lipinski definition) is 1. The standard InChI is InChI=1S/C32H36N6O7/c1-32(2,3)30(40)44-20-43-26(39)18-37-19-34-27-28(37)35-31(36-29(27)45-25-15-13-24(14-16-25)38(41)42)33-17-21-9-11-23(12-10-21)22-7-5-4-6-8-22/h9-16,19,22H,4-8,17-18,20H2,1-3H3,(H,33,35,36). The summed E-state index contributed by atoms with van der Waals surface area (Å²) in [5.74, 6) is 0.0753. The lowest BCUT2D eigenvalue weighted by Gasteiger charge is -2.22. The van der Waals surface area contributed by atoms with Gasteiger partial charge in [-0.1, -0.05) is 43.5 Å². The SMILES string of the molecule is CC(C)(C)C(=O)OCOC(=O)Cn1cnc2c(Oc3ccc([N+](=O)[O-])cc3)nc(NCc3ccc(C4CCCCC4)cc3)nc21. The molecule has 0 unspecified atom stereocenters. The van der Waals surface area contributed by atoms with Crippen molar-refractivity contribution in [3.8, 4) is 11.6 Å². The van der Waals surface area contributed by atoms with E-state index in [0.717, 1.165) is 5.56 Å². The molecule has 4 aromatic rings. The van der Waals surface area contributed by atoms with Gasteiger partial charge in [-0.25, -0.2) is 4.98 Å². The number of anilines is 1. The van der Waals surface area contributed by atoms with Crippen LogP contribution in [0.1, 0.15) is 69.9 Å². The second-order valence-electron chi connectivity index (χ2n) is 12.0. The van der Waals surface area contributed by atoms with Gasteiger partial charge in [-0.15, -0.1) is 0 Å². The van der Waals surface area contributed by atoms with Crippen LogP contribution in [0.4, 0.5) is 11.6 Å². The summed E-state index contributed by atoms with van der Waals surface area (Å²) >= 11 is 0. The van der Waals surface area contributed by atoms with Gasteiger partial charge < -0.3 is 24.1 Å². The normalized spacial score (nSPS) is 13.8. The van der Waals surface area contributed by atoms with Crippen molar-refractivity contribution in [2.45, 2.75) is 71.9 Å². The molecule has 13 nitrogen and oxygen atoms in total. The van der Waals surface area contributed by atoms with Crippen LogP contribution in [-0.4, -0.2) is 43.2 Å². The van der Waals surface area contributed by atoms with Crippen molar-refractivity contribution in [2.24, 2.45) is 5.41 Å². The number of non-ortho nitro benzene ring substituents is 1. The lowest BCUT2D eigenvalue weighted by atomic mass is 9.84. The number of nitro groups is 1. The van der Waals surface area contributed by atoms with Gasteiger partial charge in [0.1, 0.15) is 12.3 Å². The van der Waals surface area contributed by atoms with E-state index in [1.54, 1.807) is 20.8 Å². The number of ether oxygens (including phenoxy) is 3. The molecule has 1 aliphatic carbocycles. The Balaban J connectivity index is 1.34. The highest BCUT2D eigenvalue weighted by atomic mass is 16.7. The third-order valence-electron chi connectivity index (χ3n) is 7.52. The van der Waals surface area contributed by atoms with Crippen LogP contribution >= 0.6 is 0 Å². The third kappa shape index (κ3) is 8.11. The minimum absolute atomic E-state index is 0.0805. The number of hydrogen-bond acceptors (Lipinski definition) is 11. The molecule has 0 radical (unpaired) electrons. The van der Waals surface area contributed by atoms with Gasteiger partial charge in [0.25, 0.3) is 11.6 Å². The van der Waals surface area contributed by atoms with Crippen LogP contribution in [0.3, 0.4) is 0 Å². The molecule has 1 N–H and O–H groups in total. The Bertz CT molecular complexity index is 1660. The molecule has 1 saturated carbocycles. The number of benzene rings is 2. The van der Waals surface area contributed by atoms with Gasteiger partial charge in [-0.3, -0.25) is 19.7 Å². The first-order chi connectivity index (χ1) is 21.6. The number of nitro benzene ring substituents is 1. The summed E-state index contributed by atoms with van der Waals surface area (Å²) in [7, 11) is 0. The molecule has 0 spiro atoms. The fraction of sp³-hybridized carbons (Fsp3) is 0.406. The van der Waals surface area contributed by atoms with E-state index in [2.05, 4.69) is 44.5 Å². The van der Waals surface area contributed by atoms with Crippen LogP contribution in [0.15, 0.2) is 54.9 Å². The van der Waals surface area contributed by atoms with E-state index in [1.165, 1.54) is 72.8 Å². The third-order valence-corrected chi connectivity index (χ3v) is 7.52. The zero-order valence-corrected chi connectivity index (χ0v) is 25.5. The molecule has 2 heterocycles. The Labute approximate surface area is 260 Å². The highest BCUT2D eigenvalue weighted by Gasteiger charge is 2.24. The van der Waals surface area contributed by atoms with Crippen LogP contribution < -0.4 is 10.1 Å². The van der Waals surface area contributed by atoms with E-state index < -0.39 is 29.1 Å². The Morgan fingerprint density at radius 3 is 2.38 bits per heavy atom. The summed E-state index contributed by atoms with van der Waals surface area (Å²) in [5.41, 5.74) is 2.15. The molecule has 0 atom stereocenters. The highest BCUT2D eigenvalue weighted by Crippen LogP contribution is 2.33. The molecule has 236 valence electrons. The van der Waals surface area contributed by atoms with Gasteiger partial charge in [-0.2, -0.15) is 9.97 Å². The van der Waals surface area contributed by atoms with E-state index in [4.69, 9.17) is 14.2 Å². The molecule has 13 heteroatoms. The fourth-order valence-corrected chi connectivity index (χ4v) is 5.01. The molecule has 0 saturated heterocycles. The molecule has 0 aliphatic heterocycles. The average molecular weight is 617 g/mol. The summed E-state index contributed by atoms with van der Waals surface area (Å²) in [6, 6.07) is 14.1. The van der Waals surface area contributed by atoms with Gasteiger partial charge in [-0.05, 0) is 62.8 Å². The lowest BCUT2D eigenvalue weighted by Crippen LogP contribution is -2.25. The van der Waals surface area contributed by atoms with Gasteiger partial charge in [0.05, 0.1) is 16.7 Å². The highest BCUT2D eigenvalue weighted by molar-refractivity contribution is 5.80. The topological polar surface area (TPSA) is 161 Å². The molecule has 2 aromatic heterocycles. The van der Waals surface area contributed by atoms with Crippen LogP contribution in [-0.2, 0) is 32.2 Å². The summed E-state index contributed by atoms with van der Waals surface area (Å²) < 4.78 is 17.6. The number of fused-ring (bicyclic) bond motifs is 1. The summed E-state index contributed by atoms with van der Waals surface area (Å²) in [4.78, 5) is 48.6. The maximum atomic E-state index is 12.6. The monoisotopic (exact) mass is 616 g/mol. The molecule has 1 fully saturated rings. The van der Waals surface area contributed by atoms with Crippen molar-refractivity contribution in [1.82, 2.24) is 19.5 Å². The number of carbonyl (C=O) groups is 2. The minimum atomic E-state index is -0.731. The maximum absolute atomic E-state index is 12.6. The largest absolute Gasteiger partial charge is 0.437 e. The molecular weight excluding hydrogens is 580 g/mol. The van der Waals surface area contributed by atoms with Crippen molar-refractivity contribution < 1.29 is 28.7 Å². The lowest BCUT2D eigenvalue weighted by molar-refractivity contribution is -0.384. The first-order valence-electron chi connectivity index (χ1n) is 14.9. The molecular formula is C32H36N6O7. The quantitative estimate of drug-likeness (QED) is 0.0874. The molecule has 2 aromatic carbocycles. The maximum Gasteiger partial charge on any atom is 0.328 e. The first kappa shape index (κ1) is 31.4. The van der Waals surface area contributed by atoms with Crippen molar-refractivity contribution in [3.05, 3.63) is 76.1 Å². The van der Waals surface area contributed by atoms with Crippen LogP contribution in [0.5, 0.6) is 11.6 Å².